The van der Waals surface area contributed by atoms with Crippen LogP contribution in [-0.4, -0.2) is 37.7 Å². The van der Waals surface area contributed by atoms with Gasteiger partial charge in [0.05, 0.1) is 16.0 Å². The van der Waals surface area contributed by atoms with Crippen LogP contribution in [0.5, 0.6) is 0 Å². The predicted octanol–water partition coefficient (Wildman–Crippen LogP) is 2.74. The number of hydrogen-bond donors (Lipinski definition) is 1. The van der Waals surface area contributed by atoms with E-state index in [1.807, 2.05) is 24.3 Å². The van der Waals surface area contributed by atoms with E-state index in [-0.39, 0.29) is 10.8 Å². The Hall–Kier alpha value is -2.77. The number of nitrogens with zero attached hydrogens (tertiary/aromatic N) is 2. The van der Waals surface area contributed by atoms with Crippen molar-refractivity contribution in [2.75, 3.05) is 19.4 Å². The molecule has 3 rings (SSSR count). The zero-order valence-corrected chi connectivity index (χ0v) is 14.6. The number of pyridine rings is 1. The monoisotopic (exact) mass is 355 g/mol. The fraction of sp³-hybridized carbons (Fsp3) is 0.111. The summed E-state index contributed by atoms with van der Waals surface area (Å²) in [5.41, 5.74) is 1.61. The number of amides is 1. The van der Waals surface area contributed by atoms with Crippen LogP contribution in [0.4, 0.5) is 5.69 Å². The number of benzene rings is 2. The summed E-state index contributed by atoms with van der Waals surface area (Å²) in [4.78, 5) is 17.0. The first-order valence-electron chi connectivity index (χ1n) is 7.57. The second-order valence-corrected chi connectivity index (χ2v) is 7.80. The fourth-order valence-corrected chi connectivity index (χ4v) is 3.39. The smallest absolute Gasteiger partial charge is 0.256 e. The second-order valence-electron chi connectivity index (χ2n) is 5.65. The van der Waals surface area contributed by atoms with Crippen LogP contribution in [0.15, 0.2) is 65.7 Å². The molecule has 0 radical (unpaired) electrons. The number of nitrogens with one attached hydrogen (secondary N) is 1. The quantitative estimate of drug-likeness (QED) is 0.780. The van der Waals surface area contributed by atoms with Crippen molar-refractivity contribution in [2.24, 2.45) is 0 Å². The average molecular weight is 355 g/mol. The standard InChI is InChI=1S/C18H17N3O3S/c1-21(2)25(23,24)14-7-5-6-13(12-14)20-18(22)16-10-11-19-17-9-4-3-8-15(16)17/h3-12H,1-2H3,(H,20,22). The van der Waals surface area contributed by atoms with Gasteiger partial charge in [0.15, 0.2) is 0 Å². The molecule has 0 unspecified atom stereocenters. The molecule has 0 saturated carbocycles. The average Bonchev–Trinajstić information content (AvgIpc) is 2.61. The van der Waals surface area contributed by atoms with Crippen molar-refractivity contribution < 1.29 is 13.2 Å². The Labute approximate surface area is 146 Å². The van der Waals surface area contributed by atoms with Crippen molar-refractivity contribution in [3.63, 3.8) is 0 Å². The highest BCUT2D eigenvalue weighted by Gasteiger charge is 2.18. The van der Waals surface area contributed by atoms with Gasteiger partial charge in [0.25, 0.3) is 5.91 Å². The Kier molecular flexibility index (Phi) is 4.52. The molecule has 128 valence electrons. The van der Waals surface area contributed by atoms with E-state index in [0.717, 1.165) is 15.2 Å². The lowest BCUT2D eigenvalue weighted by Crippen LogP contribution is -2.22. The molecule has 1 N–H and O–H groups in total. The number of anilines is 1. The molecule has 7 heteroatoms. The number of fused-ring (bicyclic) bond motifs is 1. The Morgan fingerprint density at radius 3 is 2.56 bits per heavy atom. The molecule has 0 saturated heterocycles. The van der Waals surface area contributed by atoms with Gasteiger partial charge >= 0.3 is 0 Å². The number of carbonyl (C=O) groups is 1. The lowest BCUT2D eigenvalue weighted by atomic mass is 10.1. The molecule has 0 fully saturated rings. The number of sulfonamides is 1. The molecule has 1 aromatic heterocycles. The van der Waals surface area contributed by atoms with E-state index in [1.54, 1.807) is 24.4 Å². The van der Waals surface area contributed by atoms with Crippen LogP contribution in [0.25, 0.3) is 10.9 Å². The topological polar surface area (TPSA) is 79.4 Å². The lowest BCUT2D eigenvalue weighted by molar-refractivity contribution is 0.102. The maximum atomic E-state index is 12.6. The summed E-state index contributed by atoms with van der Waals surface area (Å²) in [6, 6.07) is 15.2. The first-order chi connectivity index (χ1) is 11.9. The highest BCUT2D eigenvalue weighted by atomic mass is 32.2. The molecule has 0 spiro atoms. The third kappa shape index (κ3) is 3.38. The maximum absolute atomic E-state index is 12.6. The molecule has 0 atom stereocenters. The summed E-state index contributed by atoms with van der Waals surface area (Å²) < 4.78 is 25.6. The van der Waals surface area contributed by atoms with Gasteiger partial charge in [-0.05, 0) is 30.3 Å². The molecule has 0 aliphatic carbocycles. The third-order valence-corrected chi connectivity index (χ3v) is 5.58. The summed E-state index contributed by atoms with van der Waals surface area (Å²) >= 11 is 0. The van der Waals surface area contributed by atoms with E-state index < -0.39 is 10.0 Å². The van der Waals surface area contributed by atoms with Crippen LogP contribution in [0.3, 0.4) is 0 Å². The van der Waals surface area contributed by atoms with Crippen molar-refractivity contribution in [3.05, 3.63) is 66.4 Å². The third-order valence-electron chi connectivity index (χ3n) is 3.76. The molecule has 1 heterocycles. The second kappa shape index (κ2) is 6.62. The van der Waals surface area contributed by atoms with Gasteiger partial charge in [-0.25, -0.2) is 12.7 Å². The van der Waals surface area contributed by atoms with Crippen molar-refractivity contribution in [2.45, 2.75) is 4.90 Å². The van der Waals surface area contributed by atoms with Gasteiger partial charge in [-0.3, -0.25) is 9.78 Å². The summed E-state index contributed by atoms with van der Waals surface area (Å²) in [6.07, 6.45) is 1.57. The molecule has 0 aliphatic rings. The summed E-state index contributed by atoms with van der Waals surface area (Å²) in [6.45, 7) is 0. The number of rotatable bonds is 4. The van der Waals surface area contributed by atoms with Gasteiger partial charge in [0, 0.05) is 31.4 Å². The summed E-state index contributed by atoms with van der Waals surface area (Å²) in [5, 5.41) is 3.49. The van der Waals surface area contributed by atoms with Crippen LogP contribution in [0.2, 0.25) is 0 Å². The highest BCUT2D eigenvalue weighted by Crippen LogP contribution is 2.21. The maximum Gasteiger partial charge on any atom is 0.256 e. The van der Waals surface area contributed by atoms with Crippen LogP contribution >= 0.6 is 0 Å². The minimum absolute atomic E-state index is 0.120. The molecule has 6 nitrogen and oxygen atoms in total. The number of aromatic nitrogens is 1. The van der Waals surface area contributed by atoms with Gasteiger partial charge in [-0.1, -0.05) is 24.3 Å². The van der Waals surface area contributed by atoms with Crippen LogP contribution < -0.4 is 5.32 Å². The van der Waals surface area contributed by atoms with Gasteiger partial charge in [0.1, 0.15) is 0 Å². The van der Waals surface area contributed by atoms with Crippen LogP contribution in [0.1, 0.15) is 10.4 Å². The van der Waals surface area contributed by atoms with E-state index >= 15 is 0 Å². The number of hydrogen-bond acceptors (Lipinski definition) is 4. The molecular weight excluding hydrogens is 338 g/mol. The Morgan fingerprint density at radius 2 is 1.80 bits per heavy atom. The normalized spacial score (nSPS) is 11.6. The van der Waals surface area contributed by atoms with Crippen LogP contribution in [-0.2, 0) is 10.0 Å². The first kappa shape index (κ1) is 17.1. The van der Waals surface area contributed by atoms with Crippen molar-refractivity contribution in [3.8, 4) is 0 Å². The van der Waals surface area contributed by atoms with E-state index in [1.165, 1.54) is 26.2 Å². The summed E-state index contributed by atoms with van der Waals surface area (Å²) in [5.74, 6) is -0.321. The minimum Gasteiger partial charge on any atom is -0.322 e. The number of para-hydroxylation sites is 1. The molecule has 2 aromatic carbocycles. The van der Waals surface area contributed by atoms with Gasteiger partial charge in [0.2, 0.25) is 10.0 Å². The zero-order chi connectivity index (χ0) is 18.0. The minimum atomic E-state index is -3.56. The van der Waals surface area contributed by atoms with Gasteiger partial charge < -0.3 is 5.32 Å². The van der Waals surface area contributed by atoms with Crippen LogP contribution in [0, 0.1) is 0 Å². The first-order valence-corrected chi connectivity index (χ1v) is 9.01. The SMILES string of the molecule is CN(C)S(=O)(=O)c1cccc(NC(=O)c2ccnc3ccccc23)c1. The summed E-state index contributed by atoms with van der Waals surface area (Å²) in [7, 11) is -0.638. The molecule has 25 heavy (non-hydrogen) atoms. The van der Waals surface area contributed by atoms with Gasteiger partial charge in [-0.2, -0.15) is 0 Å². The molecular formula is C18H17N3O3S. The molecule has 0 aliphatic heterocycles. The van der Waals surface area contributed by atoms with Crippen molar-refractivity contribution in [1.29, 1.82) is 0 Å². The molecule has 0 bridgehead atoms. The van der Waals surface area contributed by atoms with E-state index in [4.69, 9.17) is 0 Å². The van der Waals surface area contributed by atoms with E-state index in [2.05, 4.69) is 10.3 Å². The fourth-order valence-electron chi connectivity index (χ4n) is 2.44. The van der Waals surface area contributed by atoms with E-state index in [0.29, 0.717) is 11.3 Å². The van der Waals surface area contributed by atoms with Crippen molar-refractivity contribution in [1.82, 2.24) is 9.29 Å². The van der Waals surface area contributed by atoms with E-state index in [9.17, 15) is 13.2 Å². The Bertz CT molecular complexity index is 1040. The Morgan fingerprint density at radius 1 is 1.04 bits per heavy atom. The largest absolute Gasteiger partial charge is 0.322 e. The molecule has 3 aromatic rings. The lowest BCUT2D eigenvalue weighted by Gasteiger charge is -2.13. The van der Waals surface area contributed by atoms with Crippen molar-refractivity contribution >= 4 is 32.5 Å². The Balaban J connectivity index is 1.94. The number of carbonyl (C=O) groups excluding carboxylic acids is 1. The van der Waals surface area contributed by atoms with Gasteiger partial charge in [-0.15, -0.1) is 0 Å². The predicted molar refractivity (Wildman–Crippen MR) is 97.0 cm³/mol. The molecule has 1 amide bonds. The highest BCUT2D eigenvalue weighted by molar-refractivity contribution is 7.89. The zero-order valence-electron chi connectivity index (χ0n) is 13.8.